The summed E-state index contributed by atoms with van der Waals surface area (Å²) in [6.07, 6.45) is -0.00770. The van der Waals surface area contributed by atoms with E-state index in [1.165, 1.54) is 12.1 Å². The van der Waals surface area contributed by atoms with Crippen molar-refractivity contribution in [1.29, 1.82) is 0 Å². The number of carbonyl (C=O) groups excluding carboxylic acids is 1. The van der Waals surface area contributed by atoms with Crippen LogP contribution in [0.3, 0.4) is 0 Å². The van der Waals surface area contributed by atoms with E-state index in [9.17, 15) is 13.2 Å². The van der Waals surface area contributed by atoms with E-state index in [-0.39, 0.29) is 16.9 Å². The molecule has 0 saturated carbocycles. The first-order chi connectivity index (χ1) is 10.3. The van der Waals surface area contributed by atoms with Gasteiger partial charge < -0.3 is 9.64 Å². The van der Waals surface area contributed by atoms with E-state index in [1.807, 2.05) is 6.92 Å². The van der Waals surface area contributed by atoms with Crippen LogP contribution in [-0.4, -0.2) is 51.6 Å². The number of sulfonamides is 1. The van der Waals surface area contributed by atoms with Crippen LogP contribution in [-0.2, 0) is 14.8 Å². The van der Waals surface area contributed by atoms with Gasteiger partial charge in [0.2, 0.25) is 10.0 Å². The standard InChI is InChI=1S/C15H22N2O4S/c1-4-16-22(19,20)13-6-5-11(2)14(9-13)15(18)17-7-8-21-12(3)10-17/h5-6,9,12,16H,4,7-8,10H2,1-3H3/t12-/m1/s1. The third kappa shape index (κ3) is 3.66. The molecule has 7 heteroatoms. The Balaban J connectivity index is 2.32. The molecule has 1 heterocycles. The lowest BCUT2D eigenvalue weighted by atomic mass is 10.1. The van der Waals surface area contributed by atoms with Gasteiger partial charge >= 0.3 is 0 Å². The summed E-state index contributed by atoms with van der Waals surface area (Å²) < 4.78 is 32.1. The van der Waals surface area contributed by atoms with Gasteiger partial charge in [-0.1, -0.05) is 13.0 Å². The van der Waals surface area contributed by atoms with Crippen molar-refractivity contribution in [1.82, 2.24) is 9.62 Å². The van der Waals surface area contributed by atoms with Crippen LogP contribution in [0.15, 0.2) is 23.1 Å². The lowest BCUT2D eigenvalue weighted by molar-refractivity contribution is -0.0124. The van der Waals surface area contributed by atoms with Gasteiger partial charge in [0.05, 0.1) is 17.6 Å². The topological polar surface area (TPSA) is 75.7 Å². The molecule has 1 aliphatic heterocycles. The van der Waals surface area contributed by atoms with Crippen LogP contribution in [0.25, 0.3) is 0 Å². The molecule has 1 N–H and O–H groups in total. The number of aryl methyl sites for hydroxylation is 1. The second-order valence-electron chi connectivity index (χ2n) is 5.41. The summed E-state index contributed by atoms with van der Waals surface area (Å²) in [5.41, 5.74) is 1.19. The van der Waals surface area contributed by atoms with Crippen LogP contribution >= 0.6 is 0 Å². The zero-order valence-corrected chi connectivity index (χ0v) is 13.9. The molecule has 0 bridgehead atoms. The molecule has 1 amide bonds. The van der Waals surface area contributed by atoms with Gasteiger partial charge in [0.1, 0.15) is 0 Å². The number of carbonyl (C=O) groups is 1. The lowest BCUT2D eigenvalue weighted by Crippen LogP contribution is -2.44. The Labute approximate surface area is 131 Å². The average Bonchev–Trinajstić information content (AvgIpc) is 2.46. The second kappa shape index (κ2) is 6.76. The van der Waals surface area contributed by atoms with Crippen LogP contribution in [0, 0.1) is 6.92 Å². The summed E-state index contributed by atoms with van der Waals surface area (Å²) in [7, 11) is -3.57. The molecule has 1 aromatic carbocycles. The molecule has 2 rings (SSSR count). The fraction of sp³-hybridized carbons (Fsp3) is 0.533. The fourth-order valence-corrected chi connectivity index (χ4v) is 3.51. The van der Waals surface area contributed by atoms with Gasteiger partial charge in [0.25, 0.3) is 5.91 Å². The number of morpholine rings is 1. The van der Waals surface area contributed by atoms with Gasteiger partial charge in [-0.25, -0.2) is 13.1 Å². The van der Waals surface area contributed by atoms with Crippen LogP contribution < -0.4 is 4.72 Å². The van der Waals surface area contributed by atoms with E-state index in [0.717, 1.165) is 5.56 Å². The molecule has 0 spiro atoms. The first kappa shape index (κ1) is 16.9. The minimum atomic E-state index is -3.57. The fourth-order valence-electron chi connectivity index (χ4n) is 2.45. The van der Waals surface area contributed by atoms with Crippen molar-refractivity contribution < 1.29 is 17.9 Å². The quantitative estimate of drug-likeness (QED) is 0.901. The van der Waals surface area contributed by atoms with Gasteiger partial charge in [0, 0.05) is 25.2 Å². The maximum absolute atomic E-state index is 12.7. The van der Waals surface area contributed by atoms with Crippen LogP contribution in [0.4, 0.5) is 0 Å². The predicted octanol–water partition coefficient (Wildman–Crippen LogP) is 1.15. The van der Waals surface area contributed by atoms with Crippen molar-refractivity contribution in [2.75, 3.05) is 26.2 Å². The minimum Gasteiger partial charge on any atom is -0.375 e. The highest BCUT2D eigenvalue weighted by molar-refractivity contribution is 7.89. The lowest BCUT2D eigenvalue weighted by Gasteiger charge is -2.31. The van der Waals surface area contributed by atoms with E-state index in [2.05, 4.69) is 4.72 Å². The van der Waals surface area contributed by atoms with Gasteiger partial charge in [-0.3, -0.25) is 4.79 Å². The van der Waals surface area contributed by atoms with Crippen molar-refractivity contribution in [2.45, 2.75) is 31.8 Å². The number of benzene rings is 1. The van der Waals surface area contributed by atoms with Crippen LogP contribution in [0.1, 0.15) is 29.8 Å². The molecular weight excluding hydrogens is 304 g/mol. The smallest absolute Gasteiger partial charge is 0.254 e. The summed E-state index contributed by atoms with van der Waals surface area (Å²) in [5.74, 6) is -0.152. The molecule has 1 saturated heterocycles. The van der Waals surface area contributed by atoms with Crippen LogP contribution in [0.5, 0.6) is 0 Å². The first-order valence-corrected chi connectivity index (χ1v) is 8.84. The molecule has 122 valence electrons. The average molecular weight is 326 g/mol. The van der Waals surface area contributed by atoms with Gasteiger partial charge in [-0.05, 0) is 31.5 Å². The van der Waals surface area contributed by atoms with Gasteiger partial charge in [0.15, 0.2) is 0 Å². The highest BCUT2D eigenvalue weighted by atomic mass is 32.2. The van der Waals surface area contributed by atoms with Crippen molar-refractivity contribution in [3.63, 3.8) is 0 Å². The Bertz CT molecular complexity index is 658. The molecule has 1 aliphatic rings. The molecule has 1 fully saturated rings. The van der Waals surface area contributed by atoms with Gasteiger partial charge in [-0.2, -0.15) is 0 Å². The number of nitrogens with one attached hydrogen (secondary N) is 1. The summed E-state index contributed by atoms with van der Waals surface area (Å²) in [6, 6.07) is 4.64. The highest BCUT2D eigenvalue weighted by Gasteiger charge is 2.25. The number of hydrogen-bond acceptors (Lipinski definition) is 4. The van der Waals surface area contributed by atoms with Crippen molar-refractivity contribution in [2.24, 2.45) is 0 Å². The van der Waals surface area contributed by atoms with Crippen molar-refractivity contribution >= 4 is 15.9 Å². The molecule has 0 unspecified atom stereocenters. The number of hydrogen-bond donors (Lipinski definition) is 1. The molecule has 6 nitrogen and oxygen atoms in total. The van der Waals surface area contributed by atoms with E-state index < -0.39 is 10.0 Å². The summed E-state index contributed by atoms with van der Waals surface area (Å²) >= 11 is 0. The number of amides is 1. The van der Waals surface area contributed by atoms with E-state index in [4.69, 9.17) is 4.74 Å². The highest BCUT2D eigenvalue weighted by Crippen LogP contribution is 2.19. The monoisotopic (exact) mass is 326 g/mol. The van der Waals surface area contributed by atoms with Gasteiger partial charge in [-0.15, -0.1) is 0 Å². The predicted molar refractivity (Wildman–Crippen MR) is 83.4 cm³/mol. The second-order valence-corrected chi connectivity index (χ2v) is 7.18. The molecule has 0 radical (unpaired) electrons. The maximum atomic E-state index is 12.7. The molecule has 22 heavy (non-hydrogen) atoms. The summed E-state index contributed by atoms with van der Waals surface area (Å²) in [4.78, 5) is 14.5. The Morgan fingerprint density at radius 1 is 1.45 bits per heavy atom. The largest absolute Gasteiger partial charge is 0.375 e. The maximum Gasteiger partial charge on any atom is 0.254 e. The molecule has 1 aromatic rings. The SMILES string of the molecule is CCNS(=O)(=O)c1ccc(C)c(C(=O)N2CCO[C@H](C)C2)c1. The summed E-state index contributed by atoms with van der Waals surface area (Å²) in [5, 5.41) is 0. The number of rotatable bonds is 4. The Kier molecular flexibility index (Phi) is 5.20. The molecular formula is C15H22N2O4S. The molecule has 1 atom stereocenters. The van der Waals surface area contributed by atoms with E-state index in [0.29, 0.717) is 31.8 Å². The third-order valence-electron chi connectivity index (χ3n) is 3.61. The van der Waals surface area contributed by atoms with E-state index >= 15 is 0 Å². The first-order valence-electron chi connectivity index (χ1n) is 7.36. The Hall–Kier alpha value is -1.44. The normalized spacial score (nSPS) is 19.2. The zero-order chi connectivity index (χ0) is 16.3. The molecule has 0 aromatic heterocycles. The Morgan fingerprint density at radius 2 is 2.18 bits per heavy atom. The van der Waals surface area contributed by atoms with Crippen molar-refractivity contribution in [3.8, 4) is 0 Å². The summed E-state index contributed by atoms with van der Waals surface area (Å²) in [6.45, 7) is 7.28. The van der Waals surface area contributed by atoms with E-state index in [1.54, 1.807) is 24.8 Å². The van der Waals surface area contributed by atoms with Crippen molar-refractivity contribution in [3.05, 3.63) is 29.3 Å². The minimum absolute atomic E-state index is 0.00770. The Morgan fingerprint density at radius 3 is 2.82 bits per heavy atom. The zero-order valence-electron chi connectivity index (χ0n) is 13.1. The number of nitrogens with zero attached hydrogens (tertiary/aromatic N) is 1. The van der Waals surface area contributed by atoms with Crippen LogP contribution in [0.2, 0.25) is 0 Å². The number of ether oxygens (including phenoxy) is 1. The molecule has 0 aliphatic carbocycles. The third-order valence-corrected chi connectivity index (χ3v) is 5.16.